The smallest absolute Gasteiger partial charge is 0.116 e. The minimum atomic E-state index is -0.886. The molecule has 0 heterocycles. The van der Waals surface area contributed by atoms with Crippen molar-refractivity contribution >= 4 is 0 Å². The quantitative estimate of drug-likeness (QED) is 0.190. The van der Waals surface area contributed by atoms with E-state index < -0.39 is 6.17 Å². The van der Waals surface area contributed by atoms with Gasteiger partial charge >= 0.3 is 0 Å². The molecule has 1 unspecified atom stereocenters. The molecule has 0 spiro atoms. The molecule has 2 heteroatoms. The minimum absolute atomic E-state index is 0.0536. The third kappa shape index (κ3) is 12.9. The maximum absolute atomic E-state index is 12.5. The molecule has 0 rings (SSSR count). The summed E-state index contributed by atoms with van der Waals surface area (Å²) < 4.78 is 12.5. The highest BCUT2D eigenvalue weighted by atomic mass is 19.1. The predicted molar refractivity (Wildman–Crippen MR) is 104 cm³/mol. The fraction of sp³-hybridized carbons (Fsp3) is 0.500. The van der Waals surface area contributed by atoms with E-state index in [1.54, 1.807) is 6.08 Å². The van der Waals surface area contributed by atoms with Crippen LogP contribution in [0.3, 0.4) is 0 Å². The van der Waals surface area contributed by atoms with Crippen molar-refractivity contribution in [1.29, 1.82) is 0 Å². The van der Waals surface area contributed by atoms with Gasteiger partial charge in [0, 0.05) is 0 Å². The Labute approximate surface area is 147 Å². The van der Waals surface area contributed by atoms with Crippen molar-refractivity contribution in [2.24, 2.45) is 0 Å². The Morgan fingerprint density at radius 2 is 1.92 bits per heavy atom. The van der Waals surface area contributed by atoms with Crippen LogP contribution in [0.2, 0.25) is 0 Å². The minimum Gasteiger partial charge on any atom is -0.391 e. The molecule has 1 N–H and O–H groups in total. The molecule has 0 amide bonds. The predicted octanol–water partition coefficient (Wildman–Crippen LogP) is 6.39. The Balaban J connectivity index is 4.23. The number of rotatable bonds is 12. The van der Waals surface area contributed by atoms with Crippen LogP contribution in [0.5, 0.6) is 0 Å². The fourth-order valence-corrected chi connectivity index (χ4v) is 2.14. The zero-order chi connectivity index (χ0) is 18.2. The van der Waals surface area contributed by atoms with Crippen LogP contribution in [-0.2, 0) is 0 Å². The summed E-state index contributed by atoms with van der Waals surface area (Å²) in [5.74, 6) is 0. The van der Waals surface area contributed by atoms with Gasteiger partial charge in [-0.25, -0.2) is 4.39 Å². The molecule has 1 atom stereocenters. The van der Waals surface area contributed by atoms with Crippen LogP contribution in [0, 0.1) is 0 Å². The van der Waals surface area contributed by atoms with Crippen LogP contribution in [0.4, 0.5) is 4.39 Å². The van der Waals surface area contributed by atoms with E-state index in [9.17, 15) is 9.50 Å². The molecule has 0 aromatic rings. The average molecular weight is 333 g/mol. The zero-order valence-electron chi connectivity index (χ0n) is 15.5. The number of halogens is 1. The summed E-state index contributed by atoms with van der Waals surface area (Å²) in [7, 11) is 0. The highest BCUT2D eigenvalue weighted by molar-refractivity contribution is 5.27. The molecule has 0 saturated carbocycles. The Morgan fingerprint density at radius 3 is 2.54 bits per heavy atom. The fourth-order valence-electron chi connectivity index (χ4n) is 2.14. The molecule has 0 aliphatic carbocycles. The van der Waals surface area contributed by atoms with Gasteiger partial charge in [-0.15, -0.1) is 5.73 Å². The van der Waals surface area contributed by atoms with Gasteiger partial charge in [-0.1, -0.05) is 43.0 Å². The van der Waals surface area contributed by atoms with Crippen LogP contribution in [0.15, 0.2) is 65.5 Å². The number of hydrogen-bond acceptors (Lipinski definition) is 1. The van der Waals surface area contributed by atoms with Gasteiger partial charge in [-0.2, -0.15) is 0 Å². The van der Waals surface area contributed by atoms with E-state index in [4.69, 9.17) is 0 Å². The molecule has 0 radical (unpaired) electrons. The lowest BCUT2D eigenvalue weighted by atomic mass is 10.0. The number of aliphatic hydroxyl groups excluding tert-OH is 1. The number of allylic oxidation sites excluding steroid dienone is 7. The lowest BCUT2D eigenvalue weighted by molar-refractivity contribution is 0.327. The first-order valence-electron chi connectivity index (χ1n) is 8.84. The second-order valence-electron chi connectivity index (χ2n) is 5.96. The average Bonchev–Trinajstić information content (AvgIpc) is 2.55. The zero-order valence-corrected chi connectivity index (χ0v) is 15.5. The SMILES string of the molecule is C=C(CCCC/C=C\C=C/C(C)F)C(C)=C=C(CO)CC/C=C/C. The largest absolute Gasteiger partial charge is 0.391 e. The Morgan fingerprint density at radius 1 is 1.17 bits per heavy atom. The molecule has 0 aliphatic heterocycles. The maximum Gasteiger partial charge on any atom is 0.116 e. The molecular weight excluding hydrogens is 299 g/mol. The van der Waals surface area contributed by atoms with Gasteiger partial charge in [0.2, 0.25) is 0 Å². The van der Waals surface area contributed by atoms with Crippen molar-refractivity contribution in [2.45, 2.75) is 65.5 Å². The first-order valence-corrected chi connectivity index (χ1v) is 8.84. The van der Waals surface area contributed by atoms with Gasteiger partial charge in [-0.3, -0.25) is 0 Å². The molecule has 0 bridgehead atoms. The van der Waals surface area contributed by atoms with E-state index in [0.29, 0.717) is 0 Å². The summed E-state index contributed by atoms with van der Waals surface area (Å²) in [6.07, 6.45) is 16.3. The van der Waals surface area contributed by atoms with Crippen molar-refractivity contribution in [3.8, 4) is 0 Å². The first-order chi connectivity index (χ1) is 11.5. The van der Waals surface area contributed by atoms with Gasteiger partial charge in [0.05, 0.1) is 6.61 Å². The van der Waals surface area contributed by atoms with Gasteiger partial charge in [0.15, 0.2) is 0 Å². The Kier molecular flexibility index (Phi) is 13.9. The van der Waals surface area contributed by atoms with Crippen molar-refractivity contribution in [3.05, 3.63) is 65.5 Å². The Bertz CT molecular complexity index is 500. The third-order valence-corrected chi connectivity index (χ3v) is 3.66. The first kappa shape index (κ1) is 22.4. The summed E-state index contributed by atoms with van der Waals surface area (Å²) in [5, 5.41) is 9.40. The normalized spacial score (nSPS) is 12.9. The van der Waals surface area contributed by atoms with E-state index in [1.165, 1.54) is 13.0 Å². The number of unbranched alkanes of at least 4 members (excludes halogenated alkanes) is 2. The third-order valence-electron chi connectivity index (χ3n) is 3.66. The number of hydrogen-bond donors (Lipinski definition) is 1. The van der Waals surface area contributed by atoms with E-state index in [2.05, 4.69) is 24.5 Å². The van der Waals surface area contributed by atoms with Crippen LogP contribution in [-0.4, -0.2) is 17.9 Å². The van der Waals surface area contributed by atoms with E-state index in [-0.39, 0.29) is 6.61 Å². The Hall–Kier alpha value is -1.63. The number of aliphatic hydroxyl groups is 1. The van der Waals surface area contributed by atoms with Crippen molar-refractivity contribution in [1.82, 2.24) is 0 Å². The lowest BCUT2D eigenvalue weighted by Crippen LogP contribution is -1.90. The van der Waals surface area contributed by atoms with Crippen LogP contribution in [0.1, 0.15) is 59.3 Å². The van der Waals surface area contributed by atoms with Crippen molar-refractivity contribution in [3.63, 3.8) is 0 Å². The van der Waals surface area contributed by atoms with Crippen molar-refractivity contribution in [2.75, 3.05) is 6.61 Å². The van der Waals surface area contributed by atoms with E-state index >= 15 is 0 Å². The van der Waals surface area contributed by atoms with E-state index in [0.717, 1.165) is 55.2 Å². The van der Waals surface area contributed by atoms with Crippen LogP contribution >= 0.6 is 0 Å². The monoisotopic (exact) mass is 332 g/mol. The van der Waals surface area contributed by atoms with Crippen LogP contribution in [0.25, 0.3) is 0 Å². The summed E-state index contributed by atoms with van der Waals surface area (Å²) in [6.45, 7) is 9.70. The standard InChI is InChI=1S/C22H33FO/c1-5-6-11-16-22(18-24)17-20(3)19(2)14-12-9-7-8-10-13-15-21(4)23/h5-6,8,10,13,15,21,24H,2,7,9,11-12,14,16,18H2,1,3-4H3/b6-5+,10-8-,15-13-. The second-order valence-corrected chi connectivity index (χ2v) is 5.96. The molecule has 0 fully saturated rings. The van der Waals surface area contributed by atoms with Gasteiger partial charge in [0.1, 0.15) is 6.17 Å². The summed E-state index contributed by atoms with van der Waals surface area (Å²) in [4.78, 5) is 0. The molecule has 0 aliphatic rings. The molecule has 134 valence electrons. The second kappa shape index (κ2) is 14.9. The van der Waals surface area contributed by atoms with Gasteiger partial charge in [0.25, 0.3) is 0 Å². The van der Waals surface area contributed by atoms with Gasteiger partial charge < -0.3 is 5.11 Å². The summed E-state index contributed by atoms with van der Waals surface area (Å²) in [5.41, 5.74) is 6.35. The highest BCUT2D eigenvalue weighted by Crippen LogP contribution is 2.16. The molecule has 0 aromatic heterocycles. The topological polar surface area (TPSA) is 20.2 Å². The van der Waals surface area contributed by atoms with Crippen molar-refractivity contribution < 1.29 is 9.50 Å². The van der Waals surface area contributed by atoms with E-state index in [1.807, 2.05) is 26.0 Å². The van der Waals surface area contributed by atoms with Gasteiger partial charge in [-0.05, 0) is 76.0 Å². The molecular formula is C22H33FO. The molecule has 1 nitrogen and oxygen atoms in total. The highest BCUT2D eigenvalue weighted by Gasteiger charge is 1.99. The maximum atomic E-state index is 12.5. The lowest BCUT2D eigenvalue weighted by Gasteiger charge is -2.05. The molecule has 0 saturated heterocycles. The number of alkyl halides is 1. The molecule has 0 aromatic carbocycles. The summed E-state index contributed by atoms with van der Waals surface area (Å²) in [6, 6.07) is 0. The molecule has 24 heavy (non-hydrogen) atoms. The summed E-state index contributed by atoms with van der Waals surface area (Å²) >= 11 is 0. The van der Waals surface area contributed by atoms with Crippen LogP contribution < -0.4 is 0 Å².